The van der Waals surface area contributed by atoms with Gasteiger partial charge >= 0.3 is 0 Å². The molecule has 2 atom stereocenters. The predicted octanol–water partition coefficient (Wildman–Crippen LogP) is 1.71. The van der Waals surface area contributed by atoms with Gasteiger partial charge in [-0.15, -0.1) is 0 Å². The molecule has 1 fully saturated rings. The Hall–Kier alpha value is -1.50. The highest BCUT2D eigenvalue weighted by Crippen LogP contribution is 2.33. The SMILES string of the molecule is NNC(c1cncc2ccccc12)C1CCCCS1(=O)=O. The monoisotopic (exact) mass is 305 g/mol. The highest BCUT2D eigenvalue weighted by molar-refractivity contribution is 7.92. The summed E-state index contributed by atoms with van der Waals surface area (Å²) in [5.74, 6) is 5.95. The van der Waals surface area contributed by atoms with Crippen molar-refractivity contribution in [3.8, 4) is 0 Å². The van der Waals surface area contributed by atoms with E-state index in [0.29, 0.717) is 6.42 Å². The molecule has 0 radical (unpaired) electrons. The van der Waals surface area contributed by atoms with E-state index in [4.69, 9.17) is 5.84 Å². The topological polar surface area (TPSA) is 85.1 Å². The second-order valence-electron chi connectivity index (χ2n) is 5.50. The maximum absolute atomic E-state index is 12.4. The predicted molar refractivity (Wildman–Crippen MR) is 83.2 cm³/mol. The van der Waals surface area contributed by atoms with Crippen molar-refractivity contribution in [2.45, 2.75) is 30.6 Å². The fourth-order valence-corrected chi connectivity index (χ4v) is 5.21. The van der Waals surface area contributed by atoms with Gasteiger partial charge in [0.05, 0.1) is 17.0 Å². The summed E-state index contributed by atoms with van der Waals surface area (Å²) < 4.78 is 24.8. The van der Waals surface area contributed by atoms with E-state index in [-0.39, 0.29) is 5.75 Å². The lowest BCUT2D eigenvalue weighted by Gasteiger charge is -2.30. The zero-order valence-corrected chi connectivity index (χ0v) is 12.5. The van der Waals surface area contributed by atoms with E-state index in [2.05, 4.69) is 10.4 Å². The van der Waals surface area contributed by atoms with Crippen molar-refractivity contribution in [1.82, 2.24) is 10.4 Å². The van der Waals surface area contributed by atoms with Crippen molar-refractivity contribution < 1.29 is 8.42 Å². The van der Waals surface area contributed by atoms with E-state index < -0.39 is 21.1 Å². The Balaban J connectivity index is 2.10. The number of benzene rings is 1. The smallest absolute Gasteiger partial charge is 0.155 e. The molecular formula is C15H19N3O2S. The number of sulfone groups is 1. The summed E-state index contributed by atoms with van der Waals surface area (Å²) in [5.41, 5.74) is 3.57. The highest BCUT2D eigenvalue weighted by atomic mass is 32.2. The Morgan fingerprint density at radius 3 is 2.81 bits per heavy atom. The minimum absolute atomic E-state index is 0.244. The number of nitrogens with zero attached hydrogens (tertiary/aromatic N) is 1. The van der Waals surface area contributed by atoms with E-state index in [9.17, 15) is 8.42 Å². The third-order valence-electron chi connectivity index (χ3n) is 4.21. The van der Waals surface area contributed by atoms with Crippen molar-refractivity contribution in [3.05, 3.63) is 42.2 Å². The molecule has 112 valence electrons. The van der Waals surface area contributed by atoms with Crippen LogP contribution in [0.3, 0.4) is 0 Å². The minimum Gasteiger partial charge on any atom is -0.271 e. The molecular weight excluding hydrogens is 286 g/mol. The average Bonchev–Trinajstić information content (AvgIpc) is 2.49. The summed E-state index contributed by atoms with van der Waals surface area (Å²) in [6.07, 6.45) is 5.80. The molecule has 0 bridgehead atoms. The summed E-state index contributed by atoms with van der Waals surface area (Å²) >= 11 is 0. The Kier molecular flexibility index (Phi) is 3.93. The third kappa shape index (κ3) is 2.66. The maximum atomic E-state index is 12.4. The second kappa shape index (κ2) is 5.71. The van der Waals surface area contributed by atoms with Gasteiger partial charge < -0.3 is 0 Å². The number of nitrogens with one attached hydrogen (secondary N) is 1. The zero-order chi connectivity index (χ0) is 14.9. The van der Waals surface area contributed by atoms with E-state index in [1.807, 2.05) is 24.3 Å². The largest absolute Gasteiger partial charge is 0.271 e. The fourth-order valence-electron chi connectivity index (χ4n) is 3.14. The number of hydrogen-bond donors (Lipinski definition) is 2. The van der Waals surface area contributed by atoms with E-state index in [1.54, 1.807) is 12.4 Å². The van der Waals surface area contributed by atoms with E-state index >= 15 is 0 Å². The van der Waals surface area contributed by atoms with Crippen LogP contribution in [-0.2, 0) is 9.84 Å². The number of rotatable bonds is 3. The lowest BCUT2D eigenvalue weighted by molar-refractivity contribution is 0.455. The summed E-state index contributed by atoms with van der Waals surface area (Å²) in [6.45, 7) is 0. The number of pyridine rings is 1. The quantitative estimate of drug-likeness (QED) is 0.666. The first kappa shape index (κ1) is 14.4. The van der Waals surface area contributed by atoms with Crippen LogP contribution in [0.4, 0.5) is 0 Å². The van der Waals surface area contributed by atoms with Gasteiger partial charge in [-0.3, -0.25) is 16.3 Å². The van der Waals surface area contributed by atoms with Crippen molar-refractivity contribution in [2.75, 3.05) is 5.75 Å². The number of hydrogen-bond acceptors (Lipinski definition) is 5. The van der Waals surface area contributed by atoms with E-state index in [1.165, 1.54) is 0 Å². The lowest BCUT2D eigenvalue weighted by atomic mass is 9.97. The van der Waals surface area contributed by atoms with Gasteiger partial charge in [0.2, 0.25) is 0 Å². The van der Waals surface area contributed by atoms with Crippen LogP contribution in [0.25, 0.3) is 10.8 Å². The van der Waals surface area contributed by atoms with Crippen molar-refractivity contribution >= 4 is 20.6 Å². The normalized spacial score (nSPS) is 23.0. The molecule has 5 nitrogen and oxygen atoms in total. The lowest BCUT2D eigenvalue weighted by Crippen LogP contribution is -2.43. The summed E-state index contributed by atoms with van der Waals surface area (Å²) in [4.78, 5) is 4.23. The molecule has 0 amide bonds. The summed E-state index contributed by atoms with van der Waals surface area (Å²) in [6, 6.07) is 7.40. The van der Waals surface area contributed by atoms with Gasteiger partial charge in [0.1, 0.15) is 0 Å². The number of hydrazine groups is 1. The number of fused-ring (bicyclic) bond motifs is 1. The number of nitrogens with two attached hydrogens (primary N) is 1. The highest BCUT2D eigenvalue weighted by Gasteiger charge is 2.36. The Morgan fingerprint density at radius 1 is 1.24 bits per heavy atom. The van der Waals surface area contributed by atoms with Gasteiger partial charge in [0.15, 0.2) is 9.84 Å². The first-order valence-electron chi connectivity index (χ1n) is 7.14. The molecule has 2 aromatic rings. The van der Waals surface area contributed by atoms with Crippen molar-refractivity contribution in [2.24, 2.45) is 5.84 Å². The van der Waals surface area contributed by atoms with Crippen LogP contribution in [0.5, 0.6) is 0 Å². The van der Waals surface area contributed by atoms with Gasteiger partial charge in [-0.25, -0.2) is 8.42 Å². The molecule has 2 unspecified atom stereocenters. The minimum atomic E-state index is -3.12. The molecule has 0 saturated carbocycles. The molecule has 1 aliphatic rings. The third-order valence-corrected chi connectivity index (χ3v) is 6.50. The summed E-state index contributed by atoms with van der Waals surface area (Å²) in [5, 5.41) is 1.50. The van der Waals surface area contributed by atoms with Crippen LogP contribution < -0.4 is 11.3 Å². The average molecular weight is 305 g/mol. The molecule has 1 saturated heterocycles. The van der Waals surface area contributed by atoms with Gasteiger partial charge in [0, 0.05) is 17.8 Å². The first-order chi connectivity index (χ1) is 10.1. The first-order valence-corrected chi connectivity index (χ1v) is 8.85. The van der Waals surface area contributed by atoms with Crippen LogP contribution >= 0.6 is 0 Å². The van der Waals surface area contributed by atoms with Crippen LogP contribution in [0.1, 0.15) is 30.9 Å². The van der Waals surface area contributed by atoms with Crippen molar-refractivity contribution in [1.29, 1.82) is 0 Å². The molecule has 3 rings (SSSR count). The van der Waals surface area contributed by atoms with Gasteiger partial charge in [0.25, 0.3) is 0 Å². The maximum Gasteiger partial charge on any atom is 0.155 e. The van der Waals surface area contributed by atoms with Gasteiger partial charge in [-0.05, 0) is 23.8 Å². The van der Waals surface area contributed by atoms with E-state index in [0.717, 1.165) is 29.2 Å². The van der Waals surface area contributed by atoms with Crippen LogP contribution in [0.2, 0.25) is 0 Å². The second-order valence-corrected chi connectivity index (χ2v) is 7.83. The number of aromatic nitrogens is 1. The summed E-state index contributed by atoms with van der Waals surface area (Å²) in [7, 11) is -3.12. The molecule has 2 heterocycles. The molecule has 1 aliphatic heterocycles. The standard InChI is InChI=1S/C15H19N3O2S/c16-18-15(14-7-3-4-8-21(14,19)20)13-10-17-9-11-5-1-2-6-12(11)13/h1-2,5-6,9-10,14-15,18H,3-4,7-8,16H2. The van der Waals surface area contributed by atoms with Gasteiger partial charge in [-0.2, -0.15) is 0 Å². The molecule has 0 aliphatic carbocycles. The van der Waals surface area contributed by atoms with Gasteiger partial charge in [-0.1, -0.05) is 30.7 Å². The van der Waals surface area contributed by atoms with Crippen LogP contribution in [0, 0.1) is 0 Å². The molecule has 3 N–H and O–H groups in total. The molecule has 21 heavy (non-hydrogen) atoms. The molecule has 1 aromatic carbocycles. The Morgan fingerprint density at radius 2 is 2.05 bits per heavy atom. The zero-order valence-electron chi connectivity index (χ0n) is 11.7. The molecule has 6 heteroatoms. The molecule has 1 aromatic heterocycles. The van der Waals surface area contributed by atoms with Crippen LogP contribution in [0.15, 0.2) is 36.7 Å². The Labute approximate surface area is 124 Å². The fraction of sp³-hybridized carbons (Fsp3) is 0.400. The van der Waals surface area contributed by atoms with Crippen molar-refractivity contribution in [3.63, 3.8) is 0 Å². The molecule has 0 spiro atoms. The van der Waals surface area contributed by atoms with Crippen LogP contribution in [-0.4, -0.2) is 24.4 Å². The Bertz CT molecular complexity index is 740.